The number of hydrogen-bond acceptors (Lipinski definition) is 4. The van der Waals surface area contributed by atoms with Crippen LogP contribution in [0.3, 0.4) is 0 Å². The molecular weight excluding hydrogens is 212 g/mol. The summed E-state index contributed by atoms with van der Waals surface area (Å²) >= 11 is 0. The molecule has 0 atom stereocenters. The highest BCUT2D eigenvalue weighted by atomic mass is 16.6. The van der Waals surface area contributed by atoms with E-state index >= 15 is 0 Å². The van der Waals surface area contributed by atoms with Crippen LogP contribution in [0.2, 0.25) is 0 Å². The molecule has 0 aliphatic carbocycles. The van der Waals surface area contributed by atoms with Crippen LogP contribution in [0.1, 0.15) is 39.5 Å². The molecule has 0 saturated heterocycles. The van der Waals surface area contributed by atoms with Gasteiger partial charge in [-0.25, -0.2) is 4.79 Å². The van der Waals surface area contributed by atoms with Crippen molar-refractivity contribution in [3.63, 3.8) is 0 Å². The number of aliphatic carboxylic acids is 1. The van der Waals surface area contributed by atoms with E-state index in [2.05, 4.69) is 6.92 Å². The smallest absolute Gasteiger partial charge is 0.346 e. The molecule has 90 valence electrons. The van der Waals surface area contributed by atoms with Crippen LogP contribution in [0.25, 0.3) is 0 Å². The van der Waals surface area contributed by atoms with Gasteiger partial charge in [0.2, 0.25) is 0 Å². The zero-order valence-corrected chi connectivity index (χ0v) is 9.43. The maximum Gasteiger partial charge on any atom is 0.346 e. The second kappa shape index (κ2) is 11.2. The zero-order chi connectivity index (χ0) is 13.0. The summed E-state index contributed by atoms with van der Waals surface area (Å²) in [5.41, 5.74) is 0.583. The number of allylic oxidation sites excluding steroid dienone is 1. The third kappa shape index (κ3) is 8.69. The van der Waals surface area contributed by atoms with Crippen molar-refractivity contribution in [2.24, 2.45) is 5.34 Å². The number of carbonyl (C=O) groups is 1. The van der Waals surface area contributed by atoms with E-state index in [9.17, 15) is 4.79 Å². The summed E-state index contributed by atoms with van der Waals surface area (Å²) in [6.07, 6.45) is 3.85. The monoisotopic (exact) mass is 228 g/mol. The molecule has 6 heteroatoms. The van der Waals surface area contributed by atoms with Crippen molar-refractivity contribution in [1.82, 2.24) is 0 Å². The van der Waals surface area contributed by atoms with Gasteiger partial charge in [0.05, 0.1) is 0 Å². The Kier molecular flexibility index (Phi) is 11.5. The molecule has 0 fully saturated rings. The van der Waals surface area contributed by atoms with Crippen molar-refractivity contribution >= 4 is 5.97 Å². The van der Waals surface area contributed by atoms with Gasteiger partial charge < -0.3 is 10.3 Å². The second-order valence-corrected chi connectivity index (χ2v) is 3.11. The first-order chi connectivity index (χ1) is 7.54. The normalized spacial score (nSPS) is 10.3. The van der Waals surface area contributed by atoms with Crippen molar-refractivity contribution in [1.29, 1.82) is 5.26 Å². The summed E-state index contributed by atoms with van der Waals surface area (Å²) in [6, 6.07) is 1.71. The van der Waals surface area contributed by atoms with Gasteiger partial charge in [0.15, 0.2) is 5.34 Å². The maximum atomic E-state index is 10.5. The summed E-state index contributed by atoms with van der Waals surface area (Å²) in [5.74, 6) is -1.11. The second-order valence-electron chi connectivity index (χ2n) is 3.11. The SMILES string of the molecule is CCCCC/C(C)=C(/C#N)C(=O)O.O=NO. The van der Waals surface area contributed by atoms with Crippen LogP contribution in [0.4, 0.5) is 0 Å². The Morgan fingerprint density at radius 3 is 2.25 bits per heavy atom. The summed E-state index contributed by atoms with van der Waals surface area (Å²) < 4.78 is 0. The van der Waals surface area contributed by atoms with Gasteiger partial charge in [-0.3, -0.25) is 0 Å². The summed E-state index contributed by atoms with van der Waals surface area (Å²) in [7, 11) is 0. The molecule has 0 aromatic carbocycles. The van der Waals surface area contributed by atoms with E-state index < -0.39 is 5.97 Å². The predicted molar refractivity (Wildman–Crippen MR) is 57.7 cm³/mol. The number of unbranched alkanes of at least 4 members (excludes halogenated alkanes) is 2. The summed E-state index contributed by atoms with van der Waals surface area (Å²) in [4.78, 5) is 18.6. The molecule has 6 nitrogen and oxygen atoms in total. The third-order valence-corrected chi connectivity index (χ3v) is 1.91. The van der Waals surface area contributed by atoms with Crippen LogP contribution >= 0.6 is 0 Å². The fourth-order valence-corrected chi connectivity index (χ4v) is 1.09. The van der Waals surface area contributed by atoms with Gasteiger partial charge >= 0.3 is 5.97 Å². The van der Waals surface area contributed by atoms with E-state index in [1.54, 1.807) is 13.0 Å². The van der Waals surface area contributed by atoms with Crippen LogP contribution in [0.5, 0.6) is 0 Å². The molecule has 0 saturated carbocycles. The predicted octanol–water partition coefficient (Wildman–Crippen LogP) is 2.63. The van der Waals surface area contributed by atoms with E-state index in [0.29, 0.717) is 12.0 Å². The van der Waals surface area contributed by atoms with Gasteiger partial charge in [0.1, 0.15) is 11.6 Å². The molecular formula is C10H16N2O4. The Morgan fingerprint density at radius 2 is 1.94 bits per heavy atom. The van der Waals surface area contributed by atoms with Crippen LogP contribution in [0, 0.1) is 16.2 Å². The highest BCUT2D eigenvalue weighted by Gasteiger charge is 2.09. The first-order valence-corrected chi connectivity index (χ1v) is 4.84. The van der Waals surface area contributed by atoms with Crippen LogP contribution in [-0.4, -0.2) is 16.3 Å². The fourth-order valence-electron chi connectivity index (χ4n) is 1.09. The minimum Gasteiger partial charge on any atom is -0.477 e. The third-order valence-electron chi connectivity index (χ3n) is 1.91. The average molecular weight is 228 g/mol. The van der Waals surface area contributed by atoms with Crippen molar-refractivity contribution < 1.29 is 15.1 Å². The molecule has 0 amide bonds. The Bertz CT molecular complexity index is 292. The lowest BCUT2D eigenvalue weighted by Crippen LogP contribution is -2.01. The lowest BCUT2D eigenvalue weighted by molar-refractivity contribution is -0.132. The van der Waals surface area contributed by atoms with Crippen LogP contribution in [0.15, 0.2) is 16.5 Å². The molecule has 16 heavy (non-hydrogen) atoms. The number of hydrogen-bond donors (Lipinski definition) is 2. The number of nitriles is 1. The van der Waals surface area contributed by atoms with Crippen LogP contribution < -0.4 is 0 Å². The summed E-state index contributed by atoms with van der Waals surface area (Å²) in [5, 5.41) is 25.0. The number of carboxylic acids is 1. The lowest BCUT2D eigenvalue weighted by Gasteiger charge is -2.00. The minimum atomic E-state index is -1.11. The molecule has 0 bridgehead atoms. The lowest BCUT2D eigenvalue weighted by atomic mass is 10.0. The number of carboxylic acid groups (broad SMARTS) is 1. The van der Waals surface area contributed by atoms with Crippen molar-refractivity contribution in [2.75, 3.05) is 0 Å². The van der Waals surface area contributed by atoms with E-state index in [1.165, 1.54) is 5.34 Å². The molecule has 0 radical (unpaired) electrons. The quantitative estimate of drug-likeness (QED) is 0.247. The van der Waals surface area contributed by atoms with Gasteiger partial charge in [-0.2, -0.15) is 5.26 Å². The van der Waals surface area contributed by atoms with E-state index in [0.717, 1.165) is 19.3 Å². The topological polar surface area (TPSA) is 111 Å². The van der Waals surface area contributed by atoms with Crippen molar-refractivity contribution in [3.05, 3.63) is 16.1 Å². The Balaban J connectivity index is 0. The summed E-state index contributed by atoms with van der Waals surface area (Å²) in [6.45, 7) is 3.80. The first-order valence-electron chi connectivity index (χ1n) is 4.84. The minimum absolute atomic E-state index is 0.101. The molecule has 2 N–H and O–H groups in total. The molecule has 0 unspecified atom stereocenters. The van der Waals surface area contributed by atoms with Crippen LogP contribution in [-0.2, 0) is 4.79 Å². The number of nitrogens with zero attached hydrogens (tertiary/aromatic N) is 2. The largest absolute Gasteiger partial charge is 0.477 e. The Hall–Kier alpha value is -1.90. The van der Waals surface area contributed by atoms with Gasteiger partial charge in [-0.05, 0) is 25.3 Å². The maximum absolute atomic E-state index is 10.5. The van der Waals surface area contributed by atoms with Gasteiger partial charge in [-0.1, -0.05) is 19.8 Å². The average Bonchev–Trinajstić information content (AvgIpc) is 2.19. The Morgan fingerprint density at radius 1 is 1.44 bits per heavy atom. The molecule has 0 aromatic rings. The highest BCUT2D eigenvalue weighted by molar-refractivity contribution is 5.91. The first kappa shape index (κ1) is 16.5. The Labute approximate surface area is 94.1 Å². The number of rotatable bonds is 5. The van der Waals surface area contributed by atoms with Gasteiger partial charge in [-0.15, -0.1) is 4.91 Å². The van der Waals surface area contributed by atoms with Crippen molar-refractivity contribution in [2.45, 2.75) is 39.5 Å². The van der Waals surface area contributed by atoms with E-state index in [1.807, 2.05) is 0 Å². The molecule has 0 aromatic heterocycles. The zero-order valence-electron chi connectivity index (χ0n) is 9.43. The molecule has 0 heterocycles. The van der Waals surface area contributed by atoms with Crippen molar-refractivity contribution in [3.8, 4) is 6.07 Å². The molecule has 0 aliphatic rings. The highest BCUT2D eigenvalue weighted by Crippen LogP contribution is 2.12. The van der Waals surface area contributed by atoms with Gasteiger partial charge in [0, 0.05) is 0 Å². The molecule has 0 rings (SSSR count). The van der Waals surface area contributed by atoms with E-state index in [-0.39, 0.29) is 5.57 Å². The molecule has 0 spiro atoms. The fraction of sp³-hybridized carbons (Fsp3) is 0.600. The van der Waals surface area contributed by atoms with E-state index in [4.69, 9.17) is 20.5 Å². The molecule has 0 aliphatic heterocycles. The standard InChI is InChI=1S/C10H15NO2.HNO2/c1-3-4-5-6-8(2)9(7-11)10(12)13;2-1-3/h3-6H2,1-2H3,(H,12,13);(H,2,3)/b9-8-;. The van der Waals surface area contributed by atoms with Gasteiger partial charge in [0.25, 0.3) is 0 Å².